The number of halogens is 1. The zero-order valence-electron chi connectivity index (χ0n) is 14.1. The smallest absolute Gasteiger partial charge is 0.186 e. The van der Waals surface area contributed by atoms with Crippen LogP contribution in [0.15, 0.2) is 35.5 Å². The molecule has 0 aromatic carbocycles. The normalized spacial score (nSPS) is 50.2. The summed E-state index contributed by atoms with van der Waals surface area (Å²) in [4.78, 5) is 15.3. The van der Waals surface area contributed by atoms with Crippen LogP contribution in [0, 0.1) is 11.3 Å². The van der Waals surface area contributed by atoms with Gasteiger partial charge in [-0.05, 0) is 37.6 Å². The summed E-state index contributed by atoms with van der Waals surface area (Å²) in [6.07, 6.45) is 6.72. The first-order valence-corrected chi connectivity index (χ1v) is 9.44. The van der Waals surface area contributed by atoms with Gasteiger partial charge in [-0.2, -0.15) is 0 Å². The highest BCUT2D eigenvalue weighted by Crippen LogP contribution is 2.67. The first-order chi connectivity index (χ1) is 12.0. The molecular formula is C19H22ClNO4. The summed E-state index contributed by atoms with van der Waals surface area (Å²) < 4.78 is 6.31. The highest BCUT2D eigenvalue weighted by atomic mass is 35.5. The van der Waals surface area contributed by atoms with E-state index in [0.717, 1.165) is 30.5 Å². The van der Waals surface area contributed by atoms with Crippen molar-refractivity contribution in [3.63, 3.8) is 0 Å². The number of ether oxygens (including phenoxy) is 1. The van der Waals surface area contributed by atoms with Crippen LogP contribution >= 0.6 is 11.6 Å². The molecule has 0 aromatic rings. The Balaban J connectivity index is 1.82. The molecule has 7 atom stereocenters. The van der Waals surface area contributed by atoms with Crippen molar-refractivity contribution in [1.29, 1.82) is 0 Å². The van der Waals surface area contributed by atoms with Crippen LogP contribution in [0.4, 0.5) is 0 Å². The molecule has 2 bridgehead atoms. The van der Waals surface area contributed by atoms with E-state index in [1.807, 2.05) is 6.08 Å². The molecule has 25 heavy (non-hydrogen) atoms. The fraction of sp³-hybridized carbons (Fsp3) is 0.632. The number of allylic oxidation sites excluding steroid dienone is 1. The Morgan fingerprint density at radius 2 is 2.20 bits per heavy atom. The molecule has 2 N–H and O–H groups in total. The van der Waals surface area contributed by atoms with E-state index in [0.29, 0.717) is 6.04 Å². The first kappa shape index (κ1) is 16.2. The number of ketones is 1. The Kier molecular flexibility index (Phi) is 3.27. The van der Waals surface area contributed by atoms with Gasteiger partial charge in [0.15, 0.2) is 11.4 Å². The van der Waals surface area contributed by atoms with E-state index in [4.69, 9.17) is 16.3 Å². The Labute approximate surface area is 151 Å². The minimum absolute atomic E-state index is 0.169. The lowest BCUT2D eigenvalue weighted by Crippen LogP contribution is -2.62. The van der Waals surface area contributed by atoms with Crippen LogP contribution in [0.5, 0.6) is 0 Å². The maximum absolute atomic E-state index is 12.9. The Hall–Kier alpha value is -0.980. The maximum atomic E-state index is 12.9. The van der Waals surface area contributed by atoms with Crippen molar-refractivity contribution in [2.45, 2.75) is 42.8 Å². The van der Waals surface area contributed by atoms with E-state index in [-0.39, 0.29) is 17.6 Å². The van der Waals surface area contributed by atoms with Gasteiger partial charge in [0.2, 0.25) is 0 Å². The van der Waals surface area contributed by atoms with Gasteiger partial charge < -0.3 is 19.8 Å². The molecule has 5 nitrogen and oxygen atoms in total. The Morgan fingerprint density at radius 3 is 2.96 bits per heavy atom. The van der Waals surface area contributed by atoms with Crippen molar-refractivity contribution in [2.24, 2.45) is 11.3 Å². The lowest BCUT2D eigenvalue weighted by Gasteiger charge is -2.58. The number of aliphatic hydroxyl groups excluding tert-OH is 2. The SMILES string of the molecule is CN1CC[C@]23C4=C5C=CC(O)C4(C(=O)CCl)O[C@H]2[C@@H](O)C=C[C@H]3[C@H]1C5. The number of nitrogens with zero attached hydrogens (tertiary/aromatic N) is 1. The van der Waals surface area contributed by atoms with Gasteiger partial charge in [-0.3, -0.25) is 4.79 Å². The standard InChI is InChI=1S/C19H22ClNO4/c1-21-7-6-18-11-3-4-13(22)17(18)25-19(15(24)9-20)14(23)5-2-10(16(18)19)8-12(11)21/h2-5,11-14,17,22-23H,6-9H2,1H3/t11-,12+,13-,14?,17-,18-,19?/m0/s1. The average Bonchev–Trinajstić information content (AvgIpc) is 2.94. The van der Waals surface area contributed by atoms with Crippen LogP contribution < -0.4 is 0 Å². The number of alkyl halides is 1. The quantitative estimate of drug-likeness (QED) is 0.561. The van der Waals surface area contributed by atoms with Gasteiger partial charge in [0.05, 0.1) is 18.1 Å². The van der Waals surface area contributed by atoms with Crippen LogP contribution in [0.3, 0.4) is 0 Å². The molecule has 134 valence electrons. The zero-order chi connectivity index (χ0) is 17.6. The Bertz CT molecular complexity index is 746. The monoisotopic (exact) mass is 363 g/mol. The van der Waals surface area contributed by atoms with Crippen molar-refractivity contribution >= 4 is 17.4 Å². The van der Waals surface area contributed by atoms with Crippen LogP contribution in [-0.2, 0) is 9.53 Å². The molecule has 2 aliphatic heterocycles. The predicted molar refractivity (Wildman–Crippen MR) is 92.2 cm³/mol. The summed E-state index contributed by atoms with van der Waals surface area (Å²) in [5.74, 6) is -0.366. The maximum Gasteiger partial charge on any atom is 0.186 e. The molecule has 5 aliphatic rings. The van der Waals surface area contributed by atoms with Crippen LogP contribution in [0.1, 0.15) is 12.8 Å². The summed E-state index contributed by atoms with van der Waals surface area (Å²) in [6, 6.07) is 0.309. The number of hydrogen-bond acceptors (Lipinski definition) is 5. The topological polar surface area (TPSA) is 70.0 Å². The summed E-state index contributed by atoms with van der Waals surface area (Å²) in [5.41, 5.74) is 0.0830. The van der Waals surface area contributed by atoms with E-state index in [9.17, 15) is 15.0 Å². The van der Waals surface area contributed by atoms with Crippen LogP contribution in [0.25, 0.3) is 0 Å². The average molecular weight is 364 g/mol. The number of aliphatic hydroxyl groups is 2. The molecule has 0 radical (unpaired) electrons. The van der Waals surface area contributed by atoms with Crippen molar-refractivity contribution < 1.29 is 19.7 Å². The highest BCUT2D eigenvalue weighted by Gasteiger charge is 2.73. The van der Waals surface area contributed by atoms with Crippen molar-refractivity contribution in [3.05, 3.63) is 35.5 Å². The van der Waals surface area contributed by atoms with E-state index in [2.05, 4.69) is 18.0 Å². The van der Waals surface area contributed by atoms with Crippen molar-refractivity contribution in [2.75, 3.05) is 19.5 Å². The second-order valence-electron chi connectivity index (χ2n) is 7.98. The molecule has 3 aliphatic carbocycles. The number of carbonyl (C=O) groups is 1. The van der Waals surface area contributed by atoms with E-state index in [1.54, 1.807) is 12.2 Å². The summed E-state index contributed by atoms with van der Waals surface area (Å²) in [6.45, 7) is 0.878. The summed E-state index contributed by atoms with van der Waals surface area (Å²) in [7, 11) is 2.13. The first-order valence-electron chi connectivity index (χ1n) is 8.91. The van der Waals surface area contributed by atoms with Gasteiger partial charge in [-0.25, -0.2) is 0 Å². The molecule has 6 heteroatoms. The summed E-state index contributed by atoms with van der Waals surface area (Å²) >= 11 is 5.93. The highest BCUT2D eigenvalue weighted by molar-refractivity contribution is 6.29. The number of Topliss-reactive ketones (excluding diaryl/α,β-unsaturated/α-hetero) is 1. The third-order valence-corrected chi connectivity index (χ3v) is 7.36. The van der Waals surface area contributed by atoms with Gasteiger partial charge in [-0.1, -0.05) is 24.3 Å². The minimum Gasteiger partial charge on any atom is -0.386 e. The summed E-state index contributed by atoms with van der Waals surface area (Å²) in [5, 5.41) is 21.5. The molecule has 0 amide bonds. The third kappa shape index (κ3) is 1.67. The van der Waals surface area contributed by atoms with E-state index in [1.165, 1.54) is 0 Å². The fourth-order valence-electron chi connectivity index (χ4n) is 6.12. The molecule has 2 fully saturated rings. The van der Waals surface area contributed by atoms with Crippen LogP contribution in [0.2, 0.25) is 0 Å². The number of likely N-dealkylation sites (tertiary alicyclic amines) is 1. The fourth-order valence-corrected chi connectivity index (χ4v) is 6.32. The minimum atomic E-state index is -1.44. The number of piperidine rings is 1. The second-order valence-corrected chi connectivity index (χ2v) is 8.25. The van der Waals surface area contributed by atoms with Crippen molar-refractivity contribution in [3.8, 4) is 0 Å². The van der Waals surface area contributed by atoms with E-state index < -0.39 is 29.3 Å². The molecule has 2 saturated heterocycles. The Morgan fingerprint density at radius 1 is 1.40 bits per heavy atom. The predicted octanol–water partition coefficient (Wildman–Crippen LogP) is 0.800. The number of hydrogen-bond donors (Lipinski definition) is 2. The molecule has 2 heterocycles. The molecule has 2 unspecified atom stereocenters. The zero-order valence-corrected chi connectivity index (χ0v) is 14.8. The lowest BCUT2D eigenvalue weighted by molar-refractivity contribution is -0.161. The molecular weight excluding hydrogens is 342 g/mol. The lowest BCUT2D eigenvalue weighted by atomic mass is 9.50. The van der Waals surface area contributed by atoms with E-state index >= 15 is 0 Å². The van der Waals surface area contributed by atoms with Gasteiger partial charge in [0.1, 0.15) is 6.10 Å². The third-order valence-electron chi connectivity index (χ3n) is 7.12. The molecule has 0 saturated carbocycles. The largest absolute Gasteiger partial charge is 0.386 e. The van der Waals surface area contributed by atoms with Crippen LogP contribution in [-0.4, -0.2) is 70.3 Å². The molecule has 0 aromatic heterocycles. The van der Waals surface area contributed by atoms with Gasteiger partial charge in [-0.15, -0.1) is 11.6 Å². The number of carbonyl (C=O) groups excluding carboxylic acids is 1. The van der Waals surface area contributed by atoms with Gasteiger partial charge in [0.25, 0.3) is 0 Å². The second kappa shape index (κ2) is 5.05. The van der Waals surface area contributed by atoms with Gasteiger partial charge >= 0.3 is 0 Å². The molecule has 5 rings (SSSR count). The van der Waals surface area contributed by atoms with Crippen molar-refractivity contribution in [1.82, 2.24) is 4.90 Å². The molecule has 1 spiro atoms. The number of rotatable bonds is 2. The van der Waals surface area contributed by atoms with Gasteiger partial charge in [0, 0.05) is 17.4 Å².